The Morgan fingerprint density at radius 1 is 1.07 bits per heavy atom. The van der Waals surface area contributed by atoms with Crippen molar-refractivity contribution in [3.05, 3.63) is 28.8 Å². The van der Waals surface area contributed by atoms with Crippen LogP contribution in [-0.2, 0) is 9.53 Å². The first-order chi connectivity index (χ1) is 14.2. The molecule has 2 aliphatic heterocycles. The maximum Gasteiger partial charge on any atom is 0.264 e. The molecule has 0 radical (unpaired) electrons. The normalized spacial score (nSPS) is 23.2. The summed E-state index contributed by atoms with van der Waals surface area (Å²) in [6, 6.07) is 4.02. The molecule has 3 aliphatic rings. The highest BCUT2D eigenvalue weighted by Crippen LogP contribution is 2.41. The van der Waals surface area contributed by atoms with Crippen LogP contribution in [0.4, 0.5) is 0 Å². The van der Waals surface area contributed by atoms with Gasteiger partial charge in [-0.1, -0.05) is 18.9 Å². The van der Waals surface area contributed by atoms with E-state index in [-0.39, 0.29) is 17.7 Å². The number of thiophene rings is 1. The van der Waals surface area contributed by atoms with Crippen LogP contribution in [0.15, 0.2) is 18.3 Å². The van der Waals surface area contributed by atoms with Crippen molar-refractivity contribution in [3.63, 3.8) is 0 Å². The summed E-state index contributed by atoms with van der Waals surface area (Å²) in [5, 5.41) is 1.08. The van der Waals surface area contributed by atoms with Crippen molar-refractivity contribution in [2.45, 2.75) is 38.0 Å². The Labute approximate surface area is 174 Å². The number of pyridine rings is 1. The Morgan fingerprint density at radius 3 is 2.66 bits per heavy atom. The maximum absolute atomic E-state index is 13.3. The van der Waals surface area contributed by atoms with Crippen LogP contribution in [-0.4, -0.2) is 66.0 Å². The van der Waals surface area contributed by atoms with E-state index in [1.807, 2.05) is 15.9 Å². The van der Waals surface area contributed by atoms with Gasteiger partial charge in [0.05, 0.1) is 18.1 Å². The van der Waals surface area contributed by atoms with Crippen LogP contribution < -0.4 is 0 Å². The van der Waals surface area contributed by atoms with Gasteiger partial charge < -0.3 is 14.5 Å². The third-order valence-electron chi connectivity index (χ3n) is 6.61. The highest BCUT2D eigenvalue weighted by Gasteiger charge is 2.36. The van der Waals surface area contributed by atoms with Gasteiger partial charge in [-0.05, 0) is 30.9 Å². The maximum atomic E-state index is 13.3. The average Bonchev–Trinajstić information content (AvgIpc) is 3.52. The number of likely N-dealkylation sites (tertiary alicyclic amines) is 1. The minimum absolute atomic E-state index is 0.0897. The summed E-state index contributed by atoms with van der Waals surface area (Å²) in [5.41, 5.74) is 1.11. The lowest BCUT2D eigenvalue weighted by Gasteiger charge is -2.27. The number of hydrogen-bond acceptors (Lipinski definition) is 5. The van der Waals surface area contributed by atoms with Gasteiger partial charge in [-0.25, -0.2) is 4.98 Å². The van der Waals surface area contributed by atoms with E-state index in [4.69, 9.17) is 4.74 Å². The highest BCUT2D eigenvalue weighted by atomic mass is 32.1. The van der Waals surface area contributed by atoms with E-state index in [0.29, 0.717) is 32.2 Å². The summed E-state index contributed by atoms with van der Waals surface area (Å²) < 4.78 is 5.42. The van der Waals surface area contributed by atoms with Crippen LogP contribution in [0.5, 0.6) is 0 Å². The molecule has 0 aromatic carbocycles. The first kappa shape index (κ1) is 19.0. The van der Waals surface area contributed by atoms with E-state index in [2.05, 4.69) is 11.1 Å². The first-order valence-electron chi connectivity index (χ1n) is 10.8. The number of carbonyl (C=O) groups is 2. The minimum atomic E-state index is 0.0897. The van der Waals surface area contributed by atoms with Crippen LogP contribution in [0.1, 0.15) is 53.3 Å². The summed E-state index contributed by atoms with van der Waals surface area (Å²) >= 11 is 1.50. The molecule has 1 aliphatic carbocycles. The lowest BCUT2D eigenvalue weighted by molar-refractivity contribution is -0.134. The van der Waals surface area contributed by atoms with Gasteiger partial charge in [0.15, 0.2) is 0 Å². The summed E-state index contributed by atoms with van der Waals surface area (Å²) in [7, 11) is 0. The second-order valence-electron chi connectivity index (χ2n) is 8.36. The quantitative estimate of drug-likeness (QED) is 0.775. The molecular formula is C22H27N3O3S. The van der Waals surface area contributed by atoms with E-state index < -0.39 is 0 Å². The van der Waals surface area contributed by atoms with E-state index in [9.17, 15) is 9.59 Å². The van der Waals surface area contributed by atoms with Crippen molar-refractivity contribution >= 4 is 33.4 Å². The average molecular weight is 414 g/mol. The minimum Gasteiger partial charge on any atom is -0.378 e. The predicted molar refractivity (Wildman–Crippen MR) is 112 cm³/mol. The Bertz CT molecular complexity index is 915. The molecule has 0 N–H and O–H groups in total. The van der Waals surface area contributed by atoms with Crippen molar-refractivity contribution in [1.82, 2.24) is 14.8 Å². The SMILES string of the molecule is O=C(c1sc2ncccc2c1[C@H]1CCN(C(=O)C2CCCC2)C1)N1CCOCC1. The molecule has 2 aromatic rings. The fraction of sp³-hybridized carbons (Fsp3) is 0.591. The zero-order valence-corrected chi connectivity index (χ0v) is 17.5. The number of nitrogens with zero attached hydrogens (tertiary/aromatic N) is 3. The summed E-state index contributed by atoms with van der Waals surface area (Å²) in [4.78, 5) is 36.4. The molecule has 1 saturated carbocycles. The zero-order valence-electron chi connectivity index (χ0n) is 16.6. The number of fused-ring (bicyclic) bond motifs is 1. The Balaban J connectivity index is 1.44. The van der Waals surface area contributed by atoms with Crippen LogP contribution in [0.25, 0.3) is 10.2 Å². The monoisotopic (exact) mass is 413 g/mol. The molecule has 0 bridgehead atoms. The molecule has 0 spiro atoms. The highest BCUT2D eigenvalue weighted by molar-refractivity contribution is 7.20. The lowest BCUT2D eigenvalue weighted by Crippen LogP contribution is -2.40. The Morgan fingerprint density at radius 2 is 1.86 bits per heavy atom. The van der Waals surface area contributed by atoms with E-state index in [0.717, 1.165) is 53.0 Å². The fourth-order valence-corrected chi connectivity index (χ4v) is 6.25. The Hall–Kier alpha value is -1.99. The standard InChI is InChI=1S/C22H27N3O3S/c26-21(15-4-1-2-5-15)25-9-7-16(14-25)18-17-6-3-8-23-20(17)29-19(18)22(27)24-10-12-28-13-11-24/h3,6,8,15-16H,1-2,4-5,7,9-14H2/t16-/m0/s1. The number of ether oxygens (including phenoxy) is 1. The number of carbonyl (C=O) groups excluding carboxylic acids is 2. The van der Waals surface area contributed by atoms with Gasteiger partial charge >= 0.3 is 0 Å². The fourth-order valence-electron chi connectivity index (χ4n) is 5.05. The molecule has 6 nitrogen and oxygen atoms in total. The second-order valence-corrected chi connectivity index (χ2v) is 9.36. The van der Waals surface area contributed by atoms with Crippen molar-refractivity contribution in [3.8, 4) is 0 Å². The molecule has 2 saturated heterocycles. The van der Waals surface area contributed by atoms with Crippen LogP contribution in [0.3, 0.4) is 0 Å². The molecular weight excluding hydrogens is 386 g/mol. The molecule has 4 heterocycles. The van der Waals surface area contributed by atoms with E-state index in [1.54, 1.807) is 6.20 Å². The summed E-state index contributed by atoms with van der Waals surface area (Å²) in [6.45, 7) is 3.98. The molecule has 154 valence electrons. The molecule has 7 heteroatoms. The van der Waals surface area contributed by atoms with Gasteiger partial charge in [-0.15, -0.1) is 11.3 Å². The van der Waals surface area contributed by atoms with Gasteiger partial charge in [-0.3, -0.25) is 9.59 Å². The molecule has 2 amide bonds. The van der Waals surface area contributed by atoms with Gasteiger partial charge in [0.2, 0.25) is 5.91 Å². The van der Waals surface area contributed by atoms with Crippen LogP contribution >= 0.6 is 11.3 Å². The van der Waals surface area contributed by atoms with Gasteiger partial charge in [-0.2, -0.15) is 0 Å². The predicted octanol–water partition coefficient (Wildman–Crippen LogP) is 3.27. The third-order valence-corrected chi connectivity index (χ3v) is 7.73. The van der Waals surface area contributed by atoms with Crippen molar-refractivity contribution in [2.24, 2.45) is 5.92 Å². The largest absolute Gasteiger partial charge is 0.378 e. The third kappa shape index (κ3) is 3.55. The van der Waals surface area contributed by atoms with Gasteiger partial charge in [0.25, 0.3) is 5.91 Å². The zero-order chi connectivity index (χ0) is 19.8. The smallest absolute Gasteiger partial charge is 0.264 e. The molecule has 29 heavy (non-hydrogen) atoms. The van der Waals surface area contributed by atoms with E-state index >= 15 is 0 Å². The van der Waals surface area contributed by atoms with Crippen LogP contribution in [0, 0.1) is 5.92 Å². The lowest BCUT2D eigenvalue weighted by atomic mass is 9.95. The topological polar surface area (TPSA) is 62.7 Å². The number of hydrogen-bond donors (Lipinski definition) is 0. The molecule has 1 atom stereocenters. The van der Waals surface area contributed by atoms with Gasteiger partial charge in [0, 0.05) is 49.6 Å². The van der Waals surface area contributed by atoms with Crippen LogP contribution in [0.2, 0.25) is 0 Å². The number of aromatic nitrogens is 1. The van der Waals surface area contributed by atoms with Crippen molar-refractivity contribution in [2.75, 3.05) is 39.4 Å². The van der Waals surface area contributed by atoms with Crippen molar-refractivity contribution in [1.29, 1.82) is 0 Å². The van der Waals surface area contributed by atoms with Gasteiger partial charge in [0.1, 0.15) is 4.83 Å². The molecule has 0 unspecified atom stereocenters. The first-order valence-corrected chi connectivity index (χ1v) is 11.6. The summed E-state index contributed by atoms with van der Waals surface area (Å²) in [6.07, 6.45) is 7.12. The Kier molecular flexibility index (Phi) is 5.26. The number of amides is 2. The number of rotatable bonds is 3. The van der Waals surface area contributed by atoms with Crippen molar-refractivity contribution < 1.29 is 14.3 Å². The molecule has 5 rings (SSSR count). The second kappa shape index (κ2) is 8.03. The van der Waals surface area contributed by atoms with E-state index in [1.165, 1.54) is 24.2 Å². The summed E-state index contributed by atoms with van der Waals surface area (Å²) in [5.74, 6) is 0.831. The molecule has 3 fully saturated rings. The number of morpholine rings is 1. The molecule has 2 aromatic heterocycles.